The average Bonchev–Trinajstić information content (AvgIpc) is 2.98. The molecule has 3 rings (SSSR count). The van der Waals surface area contributed by atoms with Gasteiger partial charge in [0.15, 0.2) is 4.80 Å². The number of nitro benzene ring substituents is 1. The predicted octanol–water partition coefficient (Wildman–Crippen LogP) is 3.77. The van der Waals surface area contributed by atoms with Crippen LogP contribution < -0.4 is 4.80 Å². The van der Waals surface area contributed by atoms with Crippen molar-refractivity contribution in [3.8, 4) is 12.3 Å². The Labute approximate surface area is 163 Å². The molecule has 6 nitrogen and oxygen atoms in total. The number of rotatable bonds is 5. The minimum atomic E-state index is -0.461. The fourth-order valence-electron chi connectivity index (χ4n) is 2.42. The maximum atomic E-state index is 12.3. The van der Waals surface area contributed by atoms with Crippen LogP contribution in [0.15, 0.2) is 52.4 Å². The van der Waals surface area contributed by atoms with Gasteiger partial charge < -0.3 is 4.57 Å². The van der Waals surface area contributed by atoms with E-state index in [4.69, 9.17) is 6.42 Å². The molecule has 3 aromatic rings. The van der Waals surface area contributed by atoms with E-state index in [0.29, 0.717) is 10.3 Å². The van der Waals surface area contributed by atoms with Crippen molar-refractivity contribution in [2.75, 3.05) is 5.75 Å². The van der Waals surface area contributed by atoms with Crippen molar-refractivity contribution in [2.24, 2.45) is 4.99 Å². The summed E-state index contributed by atoms with van der Waals surface area (Å²) in [6.45, 7) is 2.18. The van der Waals surface area contributed by atoms with Crippen LogP contribution in [0.5, 0.6) is 0 Å². The van der Waals surface area contributed by atoms with Gasteiger partial charge in [-0.15, -0.1) is 18.2 Å². The third-order valence-corrected chi connectivity index (χ3v) is 5.79. The topological polar surface area (TPSA) is 77.5 Å². The minimum Gasteiger partial charge on any atom is -0.304 e. The van der Waals surface area contributed by atoms with E-state index in [1.54, 1.807) is 10.6 Å². The summed E-state index contributed by atoms with van der Waals surface area (Å²) in [7, 11) is 0. The lowest BCUT2D eigenvalue weighted by molar-refractivity contribution is -0.384. The summed E-state index contributed by atoms with van der Waals surface area (Å²) in [6.07, 6.45) is 5.42. The molecular formula is C19H15N3O3S2. The maximum Gasteiger partial charge on any atom is 0.271 e. The van der Waals surface area contributed by atoms with E-state index >= 15 is 0 Å². The third-order valence-electron chi connectivity index (χ3n) is 3.73. The van der Waals surface area contributed by atoms with Gasteiger partial charge in [0.1, 0.15) is 0 Å². The largest absolute Gasteiger partial charge is 0.304 e. The number of nitrogens with zero attached hydrogens (tertiary/aromatic N) is 3. The van der Waals surface area contributed by atoms with Gasteiger partial charge in [-0.25, -0.2) is 0 Å². The SMILES string of the molecule is C#CCn1c(=NC(=O)CSc2ccc(C)cc2)sc2ccc([N+](=O)[O-])cc21. The van der Waals surface area contributed by atoms with Gasteiger partial charge in [-0.05, 0) is 25.1 Å². The highest BCUT2D eigenvalue weighted by Gasteiger charge is 2.12. The van der Waals surface area contributed by atoms with Crippen LogP contribution in [0.25, 0.3) is 10.2 Å². The van der Waals surface area contributed by atoms with Crippen LogP contribution in [0.3, 0.4) is 0 Å². The predicted molar refractivity (Wildman–Crippen MR) is 108 cm³/mol. The number of amides is 1. The number of terminal acetylenes is 1. The Morgan fingerprint density at radius 1 is 1.33 bits per heavy atom. The van der Waals surface area contributed by atoms with Gasteiger partial charge in [0.2, 0.25) is 0 Å². The van der Waals surface area contributed by atoms with E-state index in [1.807, 2.05) is 31.2 Å². The van der Waals surface area contributed by atoms with E-state index in [1.165, 1.54) is 35.2 Å². The first-order chi connectivity index (χ1) is 13.0. The fourth-order valence-corrected chi connectivity index (χ4v) is 4.13. The quantitative estimate of drug-likeness (QED) is 0.284. The highest BCUT2D eigenvalue weighted by molar-refractivity contribution is 8.00. The highest BCUT2D eigenvalue weighted by atomic mass is 32.2. The number of benzene rings is 2. The fraction of sp³-hybridized carbons (Fsp3) is 0.158. The van der Waals surface area contributed by atoms with Crippen LogP contribution in [0.2, 0.25) is 0 Å². The van der Waals surface area contributed by atoms with Crippen molar-refractivity contribution in [3.05, 3.63) is 62.9 Å². The van der Waals surface area contributed by atoms with Crippen molar-refractivity contribution in [3.63, 3.8) is 0 Å². The van der Waals surface area contributed by atoms with Gasteiger partial charge in [-0.3, -0.25) is 14.9 Å². The van der Waals surface area contributed by atoms with Crippen LogP contribution in [0.1, 0.15) is 5.56 Å². The normalized spacial score (nSPS) is 11.5. The molecule has 27 heavy (non-hydrogen) atoms. The third kappa shape index (κ3) is 4.45. The van der Waals surface area contributed by atoms with Crippen LogP contribution in [-0.4, -0.2) is 21.2 Å². The lowest BCUT2D eigenvalue weighted by Gasteiger charge is -2.01. The smallest absolute Gasteiger partial charge is 0.271 e. The van der Waals surface area contributed by atoms with Crippen LogP contribution in [-0.2, 0) is 11.3 Å². The number of aryl methyl sites for hydroxylation is 1. The second-order valence-corrected chi connectivity index (χ2v) is 7.75. The highest BCUT2D eigenvalue weighted by Crippen LogP contribution is 2.23. The number of hydrogen-bond donors (Lipinski definition) is 0. The maximum absolute atomic E-state index is 12.3. The second-order valence-electron chi connectivity index (χ2n) is 5.69. The van der Waals surface area contributed by atoms with Crippen LogP contribution >= 0.6 is 23.1 Å². The van der Waals surface area contributed by atoms with Gasteiger partial charge in [0.25, 0.3) is 11.6 Å². The first-order valence-electron chi connectivity index (χ1n) is 7.96. The monoisotopic (exact) mass is 397 g/mol. The molecule has 0 spiro atoms. The molecule has 0 bridgehead atoms. The Bertz CT molecular complexity index is 1120. The summed E-state index contributed by atoms with van der Waals surface area (Å²) in [5.74, 6) is 2.43. The number of aromatic nitrogens is 1. The standard InChI is InChI=1S/C19H15N3O3S2/c1-3-10-21-16-11-14(22(24)25)6-9-17(16)27-19(21)20-18(23)12-26-15-7-4-13(2)5-8-15/h1,4-9,11H,10,12H2,2H3. The van der Waals surface area contributed by atoms with Crippen molar-refractivity contribution in [1.82, 2.24) is 4.57 Å². The van der Waals surface area contributed by atoms with Crippen molar-refractivity contribution >= 4 is 44.9 Å². The molecule has 0 aliphatic carbocycles. The second kappa shape index (κ2) is 8.20. The Morgan fingerprint density at radius 3 is 2.74 bits per heavy atom. The Balaban J connectivity index is 1.90. The number of nitro groups is 1. The summed E-state index contributed by atoms with van der Waals surface area (Å²) in [6, 6.07) is 12.4. The zero-order valence-corrected chi connectivity index (χ0v) is 16.0. The number of carbonyl (C=O) groups excluding carboxylic acids is 1. The molecule has 0 saturated carbocycles. The molecule has 0 unspecified atom stereocenters. The van der Waals surface area contributed by atoms with Gasteiger partial charge in [0, 0.05) is 17.0 Å². The van der Waals surface area contributed by atoms with Gasteiger partial charge in [-0.1, -0.05) is 35.0 Å². The lowest BCUT2D eigenvalue weighted by atomic mass is 10.2. The molecule has 0 radical (unpaired) electrons. The summed E-state index contributed by atoms with van der Waals surface area (Å²) < 4.78 is 2.44. The summed E-state index contributed by atoms with van der Waals surface area (Å²) in [5.41, 5.74) is 1.73. The van der Waals surface area contributed by atoms with Crippen molar-refractivity contribution in [2.45, 2.75) is 18.4 Å². The summed E-state index contributed by atoms with van der Waals surface area (Å²) in [5, 5.41) is 11.0. The Kier molecular flexibility index (Phi) is 5.74. The zero-order chi connectivity index (χ0) is 19.4. The molecule has 2 aromatic carbocycles. The number of thioether (sulfide) groups is 1. The van der Waals surface area contributed by atoms with Crippen molar-refractivity contribution < 1.29 is 9.72 Å². The molecule has 1 heterocycles. The number of carbonyl (C=O) groups is 1. The molecule has 0 aliphatic heterocycles. The van der Waals surface area contributed by atoms with Gasteiger partial charge >= 0.3 is 0 Å². The average molecular weight is 397 g/mol. The zero-order valence-electron chi connectivity index (χ0n) is 14.4. The molecule has 1 aromatic heterocycles. The number of non-ortho nitro benzene ring substituents is 1. The van der Waals surface area contributed by atoms with Crippen LogP contribution in [0, 0.1) is 29.4 Å². The van der Waals surface area contributed by atoms with E-state index in [-0.39, 0.29) is 23.9 Å². The van der Waals surface area contributed by atoms with E-state index in [2.05, 4.69) is 10.9 Å². The number of fused-ring (bicyclic) bond motifs is 1. The molecule has 8 heteroatoms. The van der Waals surface area contributed by atoms with E-state index in [0.717, 1.165) is 15.2 Å². The van der Waals surface area contributed by atoms with E-state index < -0.39 is 4.92 Å². The van der Waals surface area contributed by atoms with Crippen LogP contribution in [0.4, 0.5) is 5.69 Å². The molecule has 0 saturated heterocycles. The van der Waals surface area contributed by atoms with Crippen molar-refractivity contribution in [1.29, 1.82) is 0 Å². The Morgan fingerprint density at radius 2 is 2.07 bits per heavy atom. The number of thiazole rings is 1. The Hall–Kier alpha value is -2.89. The molecule has 0 aliphatic rings. The van der Waals surface area contributed by atoms with Gasteiger partial charge in [0.05, 0.1) is 27.4 Å². The minimum absolute atomic E-state index is 0.0288. The molecule has 136 valence electrons. The van der Waals surface area contributed by atoms with E-state index in [9.17, 15) is 14.9 Å². The molecule has 0 atom stereocenters. The number of hydrogen-bond acceptors (Lipinski definition) is 5. The lowest BCUT2D eigenvalue weighted by Crippen LogP contribution is -2.17. The van der Waals surface area contributed by atoms with Gasteiger partial charge in [-0.2, -0.15) is 4.99 Å². The molecule has 1 amide bonds. The first kappa shape index (κ1) is 18.9. The molecule has 0 fully saturated rings. The summed E-state index contributed by atoms with van der Waals surface area (Å²) in [4.78, 5) is 28.5. The molecule has 0 N–H and O–H groups in total. The molecular weight excluding hydrogens is 382 g/mol. The summed E-state index contributed by atoms with van der Waals surface area (Å²) >= 11 is 2.70. The first-order valence-corrected chi connectivity index (χ1v) is 9.76.